The molecule has 1 unspecified atom stereocenters. The summed E-state index contributed by atoms with van der Waals surface area (Å²) in [4.78, 5) is 0. The Kier molecular flexibility index (Phi) is 4.09. The molecule has 1 atom stereocenters. The van der Waals surface area contributed by atoms with Crippen LogP contribution in [0.4, 0.5) is 4.39 Å². The third kappa shape index (κ3) is 3.51. The zero-order valence-electron chi connectivity index (χ0n) is 9.33. The first-order valence-corrected chi connectivity index (χ1v) is 5.07. The van der Waals surface area contributed by atoms with Crippen LogP contribution in [0.3, 0.4) is 0 Å². The number of rotatable bonds is 4. The van der Waals surface area contributed by atoms with Crippen LogP contribution in [0.25, 0.3) is 0 Å². The molecule has 1 rings (SSSR count). The summed E-state index contributed by atoms with van der Waals surface area (Å²) >= 11 is 0. The lowest BCUT2D eigenvalue weighted by atomic mass is 10.1. The minimum atomic E-state index is -0.521. The Morgan fingerprint density at radius 3 is 2.67 bits per heavy atom. The molecule has 0 spiro atoms. The van der Waals surface area contributed by atoms with Crippen LogP contribution in [0.1, 0.15) is 19.4 Å². The SMILES string of the molecule is Cc1ccc(F)cc1OCC(O)C(C)C. The largest absolute Gasteiger partial charge is 0.491 e. The summed E-state index contributed by atoms with van der Waals surface area (Å²) < 4.78 is 18.2. The van der Waals surface area contributed by atoms with Crippen molar-refractivity contribution in [2.45, 2.75) is 26.9 Å². The minimum Gasteiger partial charge on any atom is -0.491 e. The summed E-state index contributed by atoms with van der Waals surface area (Å²) in [5.41, 5.74) is 0.868. The summed E-state index contributed by atoms with van der Waals surface area (Å²) in [7, 11) is 0. The quantitative estimate of drug-likeness (QED) is 0.831. The Morgan fingerprint density at radius 1 is 1.40 bits per heavy atom. The van der Waals surface area contributed by atoms with Gasteiger partial charge in [0.25, 0.3) is 0 Å². The van der Waals surface area contributed by atoms with Gasteiger partial charge >= 0.3 is 0 Å². The monoisotopic (exact) mass is 212 g/mol. The van der Waals surface area contributed by atoms with E-state index in [1.165, 1.54) is 12.1 Å². The number of ether oxygens (including phenoxy) is 1. The summed E-state index contributed by atoms with van der Waals surface area (Å²) in [6.45, 7) is 5.86. The zero-order valence-corrected chi connectivity index (χ0v) is 9.33. The Morgan fingerprint density at radius 2 is 2.07 bits per heavy atom. The van der Waals surface area contributed by atoms with E-state index in [1.54, 1.807) is 6.07 Å². The van der Waals surface area contributed by atoms with Crippen LogP contribution in [0.15, 0.2) is 18.2 Å². The molecule has 0 heterocycles. The van der Waals surface area contributed by atoms with Crippen molar-refractivity contribution in [2.24, 2.45) is 5.92 Å². The van der Waals surface area contributed by atoms with Crippen LogP contribution < -0.4 is 4.74 Å². The number of aliphatic hydroxyl groups excluding tert-OH is 1. The van der Waals surface area contributed by atoms with Gasteiger partial charge in [0, 0.05) is 6.07 Å². The zero-order chi connectivity index (χ0) is 11.4. The smallest absolute Gasteiger partial charge is 0.126 e. The van der Waals surface area contributed by atoms with Gasteiger partial charge in [-0.2, -0.15) is 0 Å². The maximum atomic E-state index is 12.9. The fourth-order valence-corrected chi connectivity index (χ4v) is 1.10. The number of halogens is 1. The van der Waals surface area contributed by atoms with Crippen molar-refractivity contribution in [1.29, 1.82) is 0 Å². The van der Waals surface area contributed by atoms with E-state index in [0.29, 0.717) is 5.75 Å². The third-order valence-corrected chi connectivity index (χ3v) is 2.33. The number of hydrogen-bond donors (Lipinski definition) is 1. The van der Waals surface area contributed by atoms with Crippen LogP contribution in [0.2, 0.25) is 0 Å². The fourth-order valence-electron chi connectivity index (χ4n) is 1.10. The predicted octanol–water partition coefficient (Wildman–Crippen LogP) is 2.53. The van der Waals surface area contributed by atoms with E-state index in [0.717, 1.165) is 5.56 Å². The molecule has 0 aliphatic rings. The van der Waals surface area contributed by atoms with E-state index < -0.39 is 6.10 Å². The number of benzene rings is 1. The Labute approximate surface area is 89.7 Å². The maximum absolute atomic E-state index is 12.9. The highest BCUT2D eigenvalue weighted by Crippen LogP contribution is 2.19. The van der Waals surface area contributed by atoms with Crippen molar-refractivity contribution in [3.63, 3.8) is 0 Å². The van der Waals surface area contributed by atoms with Crippen molar-refractivity contribution < 1.29 is 14.2 Å². The number of aliphatic hydroxyl groups is 1. The van der Waals surface area contributed by atoms with Crippen LogP contribution in [0.5, 0.6) is 5.75 Å². The first-order valence-electron chi connectivity index (χ1n) is 5.07. The van der Waals surface area contributed by atoms with Gasteiger partial charge in [0.05, 0.1) is 6.10 Å². The van der Waals surface area contributed by atoms with E-state index in [9.17, 15) is 9.50 Å². The molecule has 1 aromatic carbocycles. The predicted molar refractivity (Wildman–Crippen MR) is 57.5 cm³/mol. The highest BCUT2D eigenvalue weighted by atomic mass is 19.1. The van der Waals surface area contributed by atoms with Gasteiger partial charge in [-0.3, -0.25) is 0 Å². The Balaban J connectivity index is 2.61. The van der Waals surface area contributed by atoms with Gasteiger partial charge in [0.15, 0.2) is 0 Å². The van der Waals surface area contributed by atoms with E-state index in [4.69, 9.17) is 4.74 Å². The standard InChI is InChI=1S/C12H17FO2/c1-8(2)11(14)7-15-12-6-10(13)5-4-9(12)3/h4-6,8,11,14H,7H2,1-3H3. The van der Waals surface area contributed by atoms with E-state index >= 15 is 0 Å². The molecule has 0 aliphatic heterocycles. The van der Waals surface area contributed by atoms with Crippen molar-refractivity contribution in [2.75, 3.05) is 6.61 Å². The maximum Gasteiger partial charge on any atom is 0.126 e. The third-order valence-electron chi connectivity index (χ3n) is 2.33. The molecule has 1 N–H and O–H groups in total. The van der Waals surface area contributed by atoms with Crippen molar-refractivity contribution in [1.82, 2.24) is 0 Å². The van der Waals surface area contributed by atoms with Gasteiger partial charge in [0.1, 0.15) is 18.2 Å². The first-order chi connectivity index (χ1) is 7.00. The molecule has 0 aliphatic carbocycles. The summed E-state index contributed by atoms with van der Waals surface area (Å²) in [5.74, 6) is 0.309. The molecule has 0 saturated carbocycles. The molecule has 0 amide bonds. The average Bonchev–Trinajstić information content (AvgIpc) is 2.18. The summed E-state index contributed by atoms with van der Waals surface area (Å²) in [5, 5.41) is 9.53. The van der Waals surface area contributed by atoms with Gasteiger partial charge in [-0.05, 0) is 24.5 Å². The summed E-state index contributed by atoms with van der Waals surface area (Å²) in [6.07, 6.45) is -0.521. The molecule has 15 heavy (non-hydrogen) atoms. The van der Waals surface area contributed by atoms with Crippen molar-refractivity contribution in [3.05, 3.63) is 29.6 Å². The average molecular weight is 212 g/mol. The van der Waals surface area contributed by atoms with Gasteiger partial charge in [0.2, 0.25) is 0 Å². The van der Waals surface area contributed by atoms with Crippen molar-refractivity contribution >= 4 is 0 Å². The van der Waals surface area contributed by atoms with E-state index in [1.807, 2.05) is 20.8 Å². The number of hydrogen-bond acceptors (Lipinski definition) is 2. The molecule has 0 saturated heterocycles. The Bertz CT molecular complexity index is 323. The second kappa shape index (κ2) is 5.12. The van der Waals surface area contributed by atoms with E-state index in [-0.39, 0.29) is 18.3 Å². The molecule has 0 fully saturated rings. The van der Waals surface area contributed by atoms with Gasteiger partial charge in [-0.25, -0.2) is 4.39 Å². The molecule has 0 radical (unpaired) electrons. The highest BCUT2D eigenvalue weighted by Gasteiger charge is 2.10. The van der Waals surface area contributed by atoms with Crippen LogP contribution in [-0.4, -0.2) is 17.8 Å². The molecular formula is C12H17FO2. The molecular weight excluding hydrogens is 195 g/mol. The van der Waals surface area contributed by atoms with Crippen LogP contribution >= 0.6 is 0 Å². The molecule has 0 aromatic heterocycles. The van der Waals surface area contributed by atoms with Gasteiger partial charge < -0.3 is 9.84 Å². The van der Waals surface area contributed by atoms with Crippen LogP contribution in [0, 0.1) is 18.7 Å². The second-order valence-corrected chi connectivity index (χ2v) is 4.03. The lowest BCUT2D eigenvalue weighted by molar-refractivity contribution is 0.0697. The van der Waals surface area contributed by atoms with Gasteiger partial charge in [-0.15, -0.1) is 0 Å². The molecule has 84 valence electrons. The minimum absolute atomic E-state index is 0.138. The lowest BCUT2D eigenvalue weighted by Gasteiger charge is -2.16. The second-order valence-electron chi connectivity index (χ2n) is 4.03. The fraction of sp³-hybridized carbons (Fsp3) is 0.500. The van der Waals surface area contributed by atoms with E-state index in [2.05, 4.69) is 0 Å². The summed E-state index contributed by atoms with van der Waals surface area (Å²) in [6, 6.07) is 4.38. The van der Waals surface area contributed by atoms with Crippen molar-refractivity contribution in [3.8, 4) is 5.75 Å². The van der Waals surface area contributed by atoms with Crippen LogP contribution in [-0.2, 0) is 0 Å². The molecule has 1 aromatic rings. The topological polar surface area (TPSA) is 29.5 Å². The molecule has 2 nitrogen and oxygen atoms in total. The molecule has 3 heteroatoms. The lowest BCUT2D eigenvalue weighted by Crippen LogP contribution is -2.23. The normalized spacial score (nSPS) is 12.9. The first kappa shape index (κ1) is 12.0. The Hall–Kier alpha value is -1.09. The van der Waals surface area contributed by atoms with Gasteiger partial charge in [-0.1, -0.05) is 19.9 Å². The number of aryl methyl sites for hydroxylation is 1. The highest BCUT2D eigenvalue weighted by molar-refractivity contribution is 5.32. The molecule has 0 bridgehead atoms.